The molecule has 6 nitrogen and oxygen atoms in total. The summed E-state index contributed by atoms with van der Waals surface area (Å²) in [4.78, 5) is 36.1. The Morgan fingerprint density at radius 3 is 2.31 bits per heavy atom. The van der Waals surface area contributed by atoms with Crippen molar-refractivity contribution in [1.82, 2.24) is 0 Å². The van der Waals surface area contributed by atoms with E-state index in [2.05, 4.69) is 10.6 Å². The van der Waals surface area contributed by atoms with Gasteiger partial charge in [-0.05, 0) is 49.1 Å². The molecule has 0 bridgehead atoms. The molecule has 2 aromatic rings. The number of aliphatic carboxylic acids is 1. The summed E-state index contributed by atoms with van der Waals surface area (Å²) in [7, 11) is 0. The Bertz CT molecular complexity index is 937. The molecule has 6 heteroatoms. The quantitative estimate of drug-likeness (QED) is 0.739. The number of benzene rings is 2. The van der Waals surface area contributed by atoms with Gasteiger partial charge in [-0.25, -0.2) is 0 Å². The third kappa shape index (κ3) is 5.31. The van der Waals surface area contributed by atoms with Crippen LogP contribution >= 0.6 is 0 Å². The van der Waals surface area contributed by atoms with Crippen molar-refractivity contribution in [3.8, 4) is 0 Å². The van der Waals surface area contributed by atoms with Gasteiger partial charge in [-0.1, -0.05) is 42.5 Å². The standard InChI is InChI=1S/C23H24N2O4/c1-15-13-17(24-22(27)18-9-5-6-10-19(18)23(28)29)11-12-20(15)25-21(26)14-16-7-3-2-4-8-16/h2-8,11-13,18-19H,9-10,14H2,1H3,(H,24,27)(H,25,26)(H,28,29)/p-1/t18-,19+/m0/s1. The smallest absolute Gasteiger partial charge is 0.228 e. The maximum atomic E-state index is 12.6. The average Bonchev–Trinajstić information content (AvgIpc) is 2.70. The van der Waals surface area contributed by atoms with E-state index in [1.54, 1.807) is 24.3 Å². The van der Waals surface area contributed by atoms with E-state index in [4.69, 9.17) is 0 Å². The van der Waals surface area contributed by atoms with Gasteiger partial charge in [0, 0.05) is 23.3 Å². The minimum Gasteiger partial charge on any atom is -0.550 e. The first-order valence-corrected chi connectivity index (χ1v) is 9.55. The Morgan fingerprint density at radius 1 is 0.966 bits per heavy atom. The second-order valence-electron chi connectivity index (χ2n) is 7.20. The predicted molar refractivity (Wildman–Crippen MR) is 109 cm³/mol. The molecule has 0 heterocycles. The van der Waals surface area contributed by atoms with Crippen LogP contribution in [0.3, 0.4) is 0 Å². The molecule has 0 aromatic heterocycles. The lowest BCUT2D eigenvalue weighted by atomic mass is 9.82. The van der Waals surface area contributed by atoms with Gasteiger partial charge < -0.3 is 20.5 Å². The molecule has 29 heavy (non-hydrogen) atoms. The van der Waals surface area contributed by atoms with Crippen molar-refractivity contribution >= 4 is 29.2 Å². The largest absolute Gasteiger partial charge is 0.550 e. The van der Waals surface area contributed by atoms with Crippen molar-refractivity contribution in [3.63, 3.8) is 0 Å². The highest BCUT2D eigenvalue weighted by Gasteiger charge is 2.29. The van der Waals surface area contributed by atoms with E-state index in [0.717, 1.165) is 11.1 Å². The van der Waals surface area contributed by atoms with Gasteiger partial charge in [0.1, 0.15) is 0 Å². The second kappa shape index (κ2) is 9.19. The third-order valence-corrected chi connectivity index (χ3v) is 5.05. The molecule has 0 fully saturated rings. The van der Waals surface area contributed by atoms with E-state index in [0.29, 0.717) is 24.2 Å². The molecule has 0 aliphatic heterocycles. The molecule has 2 amide bonds. The van der Waals surface area contributed by atoms with Crippen LogP contribution in [0.4, 0.5) is 11.4 Å². The Labute approximate surface area is 169 Å². The third-order valence-electron chi connectivity index (χ3n) is 5.05. The van der Waals surface area contributed by atoms with E-state index in [-0.39, 0.29) is 18.2 Å². The number of carboxylic acids is 1. The van der Waals surface area contributed by atoms with Gasteiger partial charge in [0.25, 0.3) is 0 Å². The fraction of sp³-hybridized carbons (Fsp3) is 0.261. The number of rotatable bonds is 6. The maximum absolute atomic E-state index is 12.6. The van der Waals surface area contributed by atoms with Crippen LogP contribution in [0.5, 0.6) is 0 Å². The van der Waals surface area contributed by atoms with Crippen molar-refractivity contribution in [2.24, 2.45) is 11.8 Å². The zero-order valence-electron chi connectivity index (χ0n) is 16.2. The molecule has 0 unspecified atom stereocenters. The highest BCUT2D eigenvalue weighted by Crippen LogP contribution is 2.27. The van der Waals surface area contributed by atoms with Crippen molar-refractivity contribution in [1.29, 1.82) is 0 Å². The summed E-state index contributed by atoms with van der Waals surface area (Å²) in [5.74, 6) is -3.15. The fourth-order valence-corrected chi connectivity index (χ4v) is 3.46. The van der Waals surface area contributed by atoms with E-state index >= 15 is 0 Å². The molecule has 0 saturated carbocycles. The summed E-state index contributed by atoms with van der Waals surface area (Å²) in [6.45, 7) is 1.83. The number of amides is 2. The van der Waals surface area contributed by atoms with Gasteiger partial charge in [0.2, 0.25) is 11.8 Å². The number of nitrogens with one attached hydrogen (secondary N) is 2. The minimum atomic E-state index is -1.21. The number of aryl methyl sites for hydroxylation is 1. The van der Waals surface area contributed by atoms with Crippen LogP contribution in [0.1, 0.15) is 24.0 Å². The normalized spacial score (nSPS) is 18.1. The number of carboxylic acid groups (broad SMARTS) is 1. The van der Waals surface area contributed by atoms with Crippen molar-refractivity contribution in [2.45, 2.75) is 26.2 Å². The molecule has 2 aromatic carbocycles. The van der Waals surface area contributed by atoms with Crippen molar-refractivity contribution in [2.75, 3.05) is 10.6 Å². The molecule has 1 aliphatic carbocycles. The highest BCUT2D eigenvalue weighted by atomic mass is 16.4. The van der Waals surface area contributed by atoms with Crippen LogP contribution in [0.2, 0.25) is 0 Å². The minimum absolute atomic E-state index is 0.123. The summed E-state index contributed by atoms with van der Waals surface area (Å²) in [5.41, 5.74) is 2.94. The van der Waals surface area contributed by atoms with E-state index in [1.807, 2.05) is 43.3 Å². The van der Waals surface area contributed by atoms with E-state index in [1.165, 1.54) is 0 Å². The molecule has 0 spiro atoms. The van der Waals surface area contributed by atoms with E-state index in [9.17, 15) is 19.5 Å². The maximum Gasteiger partial charge on any atom is 0.228 e. The van der Waals surface area contributed by atoms with Crippen molar-refractivity contribution < 1.29 is 19.5 Å². The first kappa shape index (κ1) is 20.3. The Morgan fingerprint density at radius 2 is 1.66 bits per heavy atom. The number of hydrogen-bond donors (Lipinski definition) is 2. The van der Waals surface area contributed by atoms with Crippen LogP contribution < -0.4 is 15.7 Å². The highest BCUT2D eigenvalue weighted by molar-refractivity contribution is 5.96. The Hall–Kier alpha value is -3.41. The number of hydrogen-bond acceptors (Lipinski definition) is 4. The van der Waals surface area contributed by atoms with E-state index < -0.39 is 17.8 Å². The zero-order valence-corrected chi connectivity index (χ0v) is 16.2. The number of anilines is 2. The van der Waals surface area contributed by atoms with Gasteiger partial charge in [-0.3, -0.25) is 9.59 Å². The number of allylic oxidation sites excluding steroid dienone is 2. The molecular weight excluding hydrogens is 368 g/mol. The van der Waals surface area contributed by atoms with Crippen LogP contribution in [-0.2, 0) is 20.8 Å². The molecule has 1 aliphatic rings. The monoisotopic (exact) mass is 391 g/mol. The molecule has 0 saturated heterocycles. The topological polar surface area (TPSA) is 98.3 Å². The summed E-state index contributed by atoms with van der Waals surface area (Å²) in [5, 5.41) is 16.9. The van der Waals surface area contributed by atoms with Gasteiger partial charge in [-0.15, -0.1) is 0 Å². The zero-order chi connectivity index (χ0) is 20.8. The lowest BCUT2D eigenvalue weighted by molar-refractivity contribution is -0.313. The first-order valence-electron chi connectivity index (χ1n) is 9.55. The molecule has 2 N–H and O–H groups in total. The first-order chi connectivity index (χ1) is 13.9. The number of carbonyl (C=O) groups is 3. The Kier molecular flexibility index (Phi) is 6.44. The van der Waals surface area contributed by atoms with Crippen molar-refractivity contribution in [3.05, 3.63) is 71.8 Å². The summed E-state index contributed by atoms with van der Waals surface area (Å²) < 4.78 is 0. The lowest BCUT2D eigenvalue weighted by Gasteiger charge is -2.28. The molecule has 150 valence electrons. The summed E-state index contributed by atoms with van der Waals surface area (Å²) in [6.07, 6.45) is 4.53. The van der Waals surface area contributed by atoms with Gasteiger partial charge in [0.05, 0.1) is 12.3 Å². The molecular formula is C23H23N2O4-. The SMILES string of the molecule is Cc1cc(NC(=O)[C@H]2CC=CC[C@H]2C(=O)[O-])ccc1NC(=O)Cc1ccccc1. The average molecular weight is 391 g/mol. The number of carbonyl (C=O) groups excluding carboxylic acids is 3. The molecule has 0 radical (unpaired) electrons. The molecule has 2 atom stereocenters. The fourth-order valence-electron chi connectivity index (χ4n) is 3.46. The second-order valence-corrected chi connectivity index (χ2v) is 7.20. The van der Waals surface area contributed by atoms with Crippen LogP contribution in [0.15, 0.2) is 60.7 Å². The van der Waals surface area contributed by atoms with Crippen LogP contribution in [0.25, 0.3) is 0 Å². The summed E-state index contributed by atoms with van der Waals surface area (Å²) >= 11 is 0. The summed E-state index contributed by atoms with van der Waals surface area (Å²) in [6, 6.07) is 14.6. The lowest BCUT2D eigenvalue weighted by Crippen LogP contribution is -2.41. The Balaban J connectivity index is 1.63. The predicted octanol–water partition coefficient (Wildman–Crippen LogP) is 2.45. The van der Waals surface area contributed by atoms with Gasteiger partial charge in [0.15, 0.2) is 0 Å². The van der Waals surface area contributed by atoms with Gasteiger partial charge in [-0.2, -0.15) is 0 Å². The van der Waals surface area contributed by atoms with Crippen LogP contribution in [-0.4, -0.2) is 17.8 Å². The van der Waals surface area contributed by atoms with Gasteiger partial charge >= 0.3 is 0 Å². The molecule has 3 rings (SSSR count). The van der Waals surface area contributed by atoms with Crippen LogP contribution in [0, 0.1) is 18.8 Å².